The van der Waals surface area contributed by atoms with Gasteiger partial charge in [0.15, 0.2) is 5.78 Å². The quantitative estimate of drug-likeness (QED) is 0.0710. The molecular weight excluding hydrogens is 668 g/mol. The highest BCUT2D eigenvalue weighted by atomic mass is 16.4. The second kappa shape index (κ2) is 16.6. The summed E-state index contributed by atoms with van der Waals surface area (Å²) in [5.74, 6) is -4.87. The number of benzene rings is 2. The minimum absolute atomic E-state index is 0.0484. The van der Waals surface area contributed by atoms with E-state index in [1.165, 1.54) is 6.33 Å². The van der Waals surface area contributed by atoms with E-state index < -0.39 is 66.1 Å². The van der Waals surface area contributed by atoms with Crippen LogP contribution >= 0.6 is 0 Å². The van der Waals surface area contributed by atoms with E-state index in [2.05, 4.69) is 41.2 Å². The van der Waals surface area contributed by atoms with Crippen LogP contribution in [0.5, 0.6) is 0 Å². The molecule has 0 unspecified atom stereocenters. The van der Waals surface area contributed by atoms with Gasteiger partial charge in [-0.25, -0.2) is 4.98 Å². The molecule has 0 aliphatic carbocycles. The van der Waals surface area contributed by atoms with Crippen LogP contribution in [0, 0.1) is 5.92 Å². The maximum absolute atomic E-state index is 14.2. The van der Waals surface area contributed by atoms with Crippen molar-refractivity contribution in [1.29, 1.82) is 0 Å². The van der Waals surface area contributed by atoms with Gasteiger partial charge in [0.05, 0.1) is 24.5 Å². The maximum Gasteiger partial charge on any atom is 0.305 e. The number of H-pyrrole nitrogens is 3. The normalized spacial score (nSPS) is 13.6. The molecule has 0 radical (unpaired) electrons. The summed E-state index contributed by atoms with van der Waals surface area (Å²) in [6.07, 6.45) is 5.87. The summed E-state index contributed by atoms with van der Waals surface area (Å²) in [7, 11) is 0. The lowest BCUT2D eigenvalue weighted by atomic mass is 9.95. The molecule has 5 aromatic rings. The van der Waals surface area contributed by atoms with Crippen LogP contribution in [0.15, 0.2) is 73.4 Å². The molecule has 52 heavy (non-hydrogen) atoms. The Hall–Kier alpha value is -6.25. The summed E-state index contributed by atoms with van der Waals surface area (Å²) in [4.78, 5) is 91.9. The van der Waals surface area contributed by atoms with Gasteiger partial charge in [-0.2, -0.15) is 0 Å². The van der Waals surface area contributed by atoms with Gasteiger partial charge in [-0.1, -0.05) is 50.2 Å². The molecule has 5 rings (SSSR count). The Morgan fingerprint density at radius 2 is 1.17 bits per heavy atom. The maximum atomic E-state index is 14.2. The van der Waals surface area contributed by atoms with E-state index in [4.69, 9.17) is 0 Å². The molecule has 4 amide bonds. The number of carbonyl (C=O) groups is 6. The number of imidazole rings is 1. The Kier molecular flexibility index (Phi) is 11.8. The second-order valence-electron chi connectivity index (χ2n) is 13.0. The van der Waals surface area contributed by atoms with Crippen molar-refractivity contribution in [3.63, 3.8) is 0 Å². The van der Waals surface area contributed by atoms with E-state index in [1.807, 2.05) is 48.5 Å². The third kappa shape index (κ3) is 9.29. The van der Waals surface area contributed by atoms with Crippen LogP contribution in [0.4, 0.5) is 0 Å². The van der Waals surface area contributed by atoms with Crippen molar-refractivity contribution in [1.82, 2.24) is 41.2 Å². The molecule has 0 fully saturated rings. The zero-order chi connectivity index (χ0) is 37.4. The molecule has 0 aliphatic rings. The zero-order valence-corrected chi connectivity index (χ0v) is 29.0. The number of ketones is 1. The third-order valence-electron chi connectivity index (χ3n) is 8.73. The summed E-state index contributed by atoms with van der Waals surface area (Å²) >= 11 is 0. The monoisotopic (exact) mass is 710 g/mol. The molecule has 0 spiro atoms. The predicted molar refractivity (Wildman–Crippen MR) is 192 cm³/mol. The Morgan fingerprint density at radius 3 is 1.67 bits per heavy atom. The molecule has 2 aromatic carbocycles. The fourth-order valence-corrected chi connectivity index (χ4v) is 6.14. The largest absolute Gasteiger partial charge is 0.481 e. The molecule has 0 saturated carbocycles. The van der Waals surface area contributed by atoms with Gasteiger partial charge in [0.2, 0.25) is 23.6 Å². The standard InChI is InChI=1S/C37H42N8O7/c1-20(2)34(49)29(12-22-16-39-27-10-6-4-8-25(22)27)43-36(51)31(14-24-18-38-19-41-24)45-35(50)30(13-23-17-40-28-11-7-5-9-26(23)28)44-37(52)32(15-33(47)48)42-21(3)46/h4-11,16-20,29-32,39-40H,12-15H2,1-3H3,(H,38,41)(H,42,46)(H,43,51)(H,44,52)(H,45,50)(H,47,48)/t29-,30-,31-,32-/m0/s1. The average molecular weight is 711 g/mol. The van der Waals surface area contributed by atoms with Crippen LogP contribution in [-0.4, -0.2) is 84.6 Å². The first-order chi connectivity index (χ1) is 24.9. The highest BCUT2D eigenvalue weighted by molar-refractivity contribution is 5.97. The molecule has 3 aromatic heterocycles. The van der Waals surface area contributed by atoms with Crippen LogP contribution in [0.3, 0.4) is 0 Å². The van der Waals surface area contributed by atoms with Crippen molar-refractivity contribution >= 4 is 57.2 Å². The van der Waals surface area contributed by atoms with Gasteiger partial charge >= 0.3 is 5.97 Å². The van der Waals surface area contributed by atoms with E-state index in [0.717, 1.165) is 34.3 Å². The average Bonchev–Trinajstić information content (AvgIpc) is 3.87. The number of hydrogen-bond donors (Lipinski definition) is 8. The van der Waals surface area contributed by atoms with Gasteiger partial charge in [0, 0.05) is 72.5 Å². The van der Waals surface area contributed by atoms with Gasteiger partial charge in [-0.3, -0.25) is 28.8 Å². The van der Waals surface area contributed by atoms with E-state index in [1.54, 1.807) is 32.4 Å². The number of amides is 4. The number of rotatable bonds is 17. The van der Waals surface area contributed by atoms with Crippen molar-refractivity contribution in [3.8, 4) is 0 Å². The molecule has 0 aliphatic heterocycles. The van der Waals surface area contributed by atoms with Crippen molar-refractivity contribution in [2.24, 2.45) is 5.92 Å². The van der Waals surface area contributed by atoms with Crippen molar-refractivity contribution in [3.05, 3.63) is 90.3 Å². The summed E-state index contributed by atoms with van der Waals surface area (Å²) in [6, 6.07) is 10.0. The highest BCUT2D eigenvalue weighted by Gasteiger charge is 2.33. The van der Waals surface area contributed by atoms with Gasteiger partial charge in [-0.15, -0.1) is 0 Å². The first-order valence-electron chi connectivity index (χ1n) is 16.9. The van der Waals surface area contributed by atoms with E-state index in [0.29, 0.717) is 11.3 Å². The Balaban J connectivity index is 1.43. The number of para-hydroxylation sites is 2. The Bertz CT molecular complexity index is 2050. The lowest BCUT2D eigenvalue weighted by molar-refractivity contribution is -0.141. The minimum atomic E-state index is -1.47. The second-order valence-corrected chi connectivity index (χ2v) is 13.0. The van der Waals surface area contributed by atoms with Crippen LogP contribution in [0.25, 0.3) is 21.8 Å². The number of nitrogens with zero attached hydrogens (tertiary/aromatic N) is 1. The minimum Gasteiger partial charge on any atom is -0.481 e. The van der Waals surface area contributed by atoms with E-state index in [-0.39, 0.29) is 25.0 Å². The fourth-order valence-electron chi connectivity index (χ4n) is 6.14. The van der Waals surface area contributed by atoms with Crippen molar-refractivity contribution < 1.29 is 33.9 Å². The Labute approximate surface area is 298 Å². The Morgan fingerprint density at radius 1 is 0.673 bits per heavy atom. The number of carboxylic acid groups (broad SMARTS) is 1. The smallest absolute Gasteiger partial charge is 0.305 e. The molecule has 4 atom stereocenters. The molecule has 0 saturated heterocycles. The van der Waals surface area contributed by atoms with Crippen LogP contribution < -0.4 is 21.3 Å². The number of carboxylic acids is 1. The SMILES string of the molecule is CC(=O)N[C@@H](CC(=O)O)C(=O)N[C@@H](Cc1c[nH]c2ccccc12)C(=O)N[C@@H](Cc1c[nH]cn1)C(=O)N[C@@H](Cc1c[nH]c2ccccc12)C(=O)C(C)C. The molecule has 272 valence electrons. The first kappa shape index (κ1) is 37.0. The summed E-state index contributed by atoms with van der Waals surface area (Å²) in [5, 5.41) is 21.6. The van der Waals surface area contributed by atoms with Gasteiger partial charge in [-0.05, 0) is 23.3 Å². The number of hydrogen-bond acceptors (Lipinski definition) is 7. The highest BCUT2D eigenvalue weighted by Crippen LogP contribution is 2.21. The number of nitrogens with one attached hydrogen (secondary N) is 7. The molecule has 15 heteroatoms. The van der Waals surface area contributed by atoms with E-state index in [9.17, 15) is 33.9 Å². The van der Waals surface area contributed by atoms with Crippen LogP contribution in [-0.2, 0) is 48.0 Å². The van der Waals surface area contributed by atoms with Gasteiger partial charge in [0.25, 0.3) is 0 Å². The summed E-state index contributed by atoms with van der Waals surface area (Å²) in [5.41, 5.74) is 3.63. The number of fused-ring (bicyclic) bond motifs is 2. The topological polar surface area (TPSA) is 231 Å². The predicted octanol–water partition coefficient (Wildman–Crippen LogP) is 2.06. The van der Waals surface area contributed by atoms with Crippen molar-refractivity contribution in [2.45, 2.75) is 70.6 Å². The number of aromatic nitrogens is 4. The lowest BCUT2D eigenvalue weighted by Gasteiger charge is -2.26. The summed E-state index contributed by atoms with van der Waals surface area (Å²) < 4.78 is 0. The van der Waals surface area contributed by atoms with Crippen LogP contribution in [0.1, 0.15) is 44.0 Å². The number of aromatic amines is 3. The number of carbonyl (C=O) groups excluding carboxylic acids is 5. The third-order valence-corrected chi connectivity index (χ3v) is 8.73. The van der Waals surface area contributed by atoms with E-state index >= 15 is 0 Å². The molecule has 0 bridgehead atoms. The number of Topliss-reactive ketones (excluding diaryl/α,β-unsaturated/α-hetero) is 1. The lowest BCUT2D eigenvalue weighted by Crippen LogP contribution is -2.59. The summed E-state index contributed by atoms with van der Waals surface area (Å²) in [6.45, 7) is 4.64. The van der Waals surface area contributed by atoms with Gasteiger partial charge in [0.1, 0.15) is 18.1 Å². The van der Waals surface area contributed by atoms with Gasteiger partial charge < -0.3 is 41.3 Å². The molecule has 3 heterocycles. The fraction of sp³-hybridized carbons (Fsp3) is 0.324. The zero-order valence-electron chi connectivity index (χ0n) is 29.0. The molecule has 8 N–H and O–H groups in total. The molecule has 15 nitrogen and oxygen atoms in total. The first-order valence-corrected chi connectivity index (χ1v) is 16.9. The van der Waals surface area contributed by atoms with Crippen LogP contribution in [0.2, 0.25) is 0 Å². The number of aliphatic carboxylic acids is 1. The molecular formula is C37H42N8O7. The van der Waals surface area contributed by atoms with Crippen molar-refractivity contribution in [2.75, 3.05) is 0 Å².